The molecule has 0 spiro atoms. The monoisotopic (exact) mass is 219 g/mol. The zero-order chi connectivity index (χ0) is 11.2. The lowest BCUT2D eigenvalue weighted by atomic mass is 10.2. The highest BCUT2D eigenvalue weighted by Gasteiger charge is 2.11. The molecule has 1 aromatic rings. The van der Waals surface area contributed by atoms with Gasteiger partial charge < -0.3 is 5.32 Å². The molecule has 0 atom stereocenters. The quantitative estimate of drug-likeness (QED) is 0.800. The summed E-state index contributed by atoms with van der Waals surface area (Å²) in [6, 6.07) is 4.08. The van der Waals surface area contributed by atoms with Gasteiger partial charge in [-0.3, -0.25) is 14.7 Å². The fourth-order valence-electron chi connectivity index (χ4n) is 1.92. The highest BCUT2D eigenvalue weighted by atomic mass is 16.1. The minimum absolute atomic E-state index is 0.184. The van der Waals surface area contributed by atoms with Crippen LogP contribution in [0.1, 0.15) is 18.4 Å². The van der Waals surface area contributed by atoms with Crippen molar-refractivity contribution in [2.45, 2.75) is 19.4 Å². The molecule has 0 saturated carbocycles. The molecule has 0 aromatic carbocycles. The zero-order valence-corrected chi connectivity index (χ0v) is 9.35. The Morgan fingerprint density at radius 1 is 1.31 bits per heavy atom. The lowest BCUT2D eigenvalue weighted by Crippen LogP contribution is -2.38. The number of rotatable bonds is 2. The van der Waals surface area contributed by atoms with Crippen molar-refractivity contribution in [2.75, 3.05) is 19.6 Å². The third-order valence-corrected chi connectivity index (χ3v) is 2.78. The Balaban J connectivity index is 1.87. The molecule has 1 fully saturated rings. The van der Waals surface area contributed by atoms with Crippen LogP contribution in [-0.4, -0.2) is 35.4 Å². The van der Waals surface area contributed by atoms with Crippen LogP contribution < -0.4 is 5.32 Å². The summed E-state index contributed by atoms with van der Waals surface area (Å²) in [7, 11) is 0. The number of nitrogens with one attached hydrogen (secondary N) is 1. The van der Waals surface area contributed by atoms with E-state index < -0.39 is 0 Å². The molecule has 1 N–H and O–H groups in total. The molecular formula is C12H17N3O. The molecule has 86 valence electrons. The zero-order valence-electron chi connectivity index (χ0n) is 9.35. The minimum atomic E-state index is 0.184. The van der Waals surface area contributed by atoms with E-state index in [0.717, 1.165) is 32.6 Å². The molecule has 4 heteroatoms. The van der Waals surface area contributed by atoms with E-state index in [1.54, 1.807) is 0 Å². The molecular weight excluding hydrogens is 202 g/mol. The van der Waals surface area contributed by atoms with Crippen molar-refractivity contribution in [2.24, 2.45) is 0 Å². The van der Waals surface area contributed by atoms with Crippen molar-refractivity contribution >= 4 is 5.91 Å². The summed E-state index contributed by atoms with van der Waals surface area (Å²) in [5.74, 6) is 0.184. The molecule has 1 saturated heterocycles. The van der Waals surface area contributed by atoms with Crippen molar-refractivity contribution in [3.8, 4) is 0 Å². The Labute approximate surface area is 95.7 Å². The van der Waals surface area contributed by atoms with E-state index in [9.17, 15) is 4.79 Å². The van der Waals surface area contributed by atoms with Crippen molar-refractivity contribution in [1.82, 2.24) is 15.2 Å². The van der Waals surface area contributed by atoms with Crippen LogP contribution in [0.2, 0.25) is 0 Å². The van der Waals surface area contributed by atoms with Gasteiger partial charge in [-0.25, -0.2) is 0 Å². The van der Waals surface area contributed by atoms with Crippen LogP contribution in [0.4, 0.5) is 0 Å². The van der Waals surface area contributed by atoms with Crippen LogP contribution >= 0.6 is 0 Å². The molecule has 1 aliphatic heterocycles. The maximum absolute atomic E-state index is 11.2. The predicted molar refractivity (Wildman–Crippen MR) is 61.8 cm³/mol. The van der Waals surface area contributed by atoms with Crippen molar-refractivity contribution in [1.29, 1.82) is 0 Å². The SMILES string of the molecule is O=C1CCCN(Cc2ccncc2)CCN1. The van der Waals surface area contributed by atoms with E-state index >= 15 is 0 Å². The number of nitrogens with zero attached hydrogens (tertiary/aromatic N) is 2. The van der Waals surface area contributed by atoms with Gasteiger partial charge in [0.15, 0.2) is 0 Å². The molecule has 4 nitrogen and oxygen atoms in total. The molecule has 1 amide bonds. The number of amides is 1. The summed E-state index contributed by atoms with van der Waals surface area (Å²) in [5, 5.41) is 2.91. The first-order chi connectivity index (χ1) is 7.84. The maximum Gasteiger partial charge on any atom is 0.220 e. The average molecular weight is 219 g/mol. The Bertz CT molecular complexity index is 327. The molecule has 0 bridgehead atoms. The molecule has 0 aliphatic carbocycles. The third kappa shape index (κ3) is 3.31. The van der Waals surface area contributed by atoms with Gasteiger partial charge in [-0.05, 0) is 30.7 Å². The topological polar surface area (TPSA) is 45.2 Å². The second kappa shape index (κ2) is 5.61. The number of aromatic nitrogens is 1. The number of pyridine rings is 1. The second-order valence-electron chi connectivity index (χ2n) is 4.09. The fraction of sp³-hybridized carbons (Fsp3) is 0.500. The Morgan fingerprint density at radius 3 is 2.94 bits per heavy atom. The van der Waals surface area contributed by atoms with Gasteiger partial charge in [0, 0.05) is 38.4 Å². The smallest absolute Gasteiger partial charge is 0.220 e. The minimum Gasteiger partial charge on any atom is -0.355 e. The molecule has 0 unspecified atom stereocenters. The summed E-state index contributed by atoms with van der Waals surface area (Å²) in [5.41, 5.74) is 1.28. The summed E-state index contributed by atoms with van der Waals surface area (Å²) in [4.78, 5) is 17.5. The largest absolute Gasteiger partial charge is 0.355 e. The van der Waals surface area contributed by atoms with Gasteiger partial charge in [-0.15, -0.1) is 0 Å². The van der Waals surface area contributed by atoms with E-state index in [1.165, 1.54) is 5.56 Å². The van der Waals surface area contributed by atoms with Gasteiger partial charge in [0.1, 0.15) is 0 Å². The van der Waals surface area contributed by atoms with Crippen LogP contribution in [0, 0.1) is 0 Å². The molecule has 2 rings (SSSR count). The fourth-order valence-corrected chi connectivity index (χ4v) is 1.92. The third-order valence-electron chi connectivity index (χ3n) is 2.78. The van der Waals surface area contributed by atoms with Crippen LogP contribution in [0.15, 0.2) is 24.5 Å². The second-order valence-corrected chi connectivity index (χ2v) is 4.09. The predicted octanol–water partition coefficient (Wildman–Crippen LogP) is 0.794. The van der Waals surface area contributed by atoms with Gasteiger partial charge in [-0.2, -0.15) is 0 Å². The molecule has 0 radical (unpaired) electrons. The van der Waals surface area contributed by atoms with Crippen molar-refractivity contribution < 1.29 is 4.79 Å². The normalized spacial score (nSPS) is 18.6. The maximum atomic E-state index is 11.2. The van der Waals surface area contributed by atoms with Gasteiger partial charge in [0.05, 0.1) is 0 Å². The van der Waals surface area contributed by atoms with E-state index in [-0.39, 0.29) is 5.91 Å². The summed E-state index contributed by atoms with van der Waals surface area (Å²) in [6.45, 7) is 3.62. The first-order valence-corrected chi connectivity index (χ1v) is 5.72. The van der Waals surface area contributed by atoms with Crippen LogP contribution in [0.5, 0.6) is 0 Å². The van der Waals surface area contributed by atoms with Crippen LogP contribution in [0.25, 0.3) is 0 Å². The Hall–Kier alpha value is -1.42. The van der Waals surface area contributed by atoms with E-state index in [4.69, 9.17) is 0 Å². The summed E-state index contributed by atoms with van der Waals surface area (Å²) < 4.78 is 0. The molecule has 2 heterocycles. The number of hydrogen-bond donors (Lipinski definition) is 1. The van der Waals surface area contributed by atoms with Crippen LogP contribution in [-0.2, 0) is 11.3 Å². The van der Waals surface area contributed by atoms with Crippen LogP contribution in [0.3, 0.4) is 0 Å². The van der Waals surface area contributed by atoms with Crippen molar-refractivity contribution in [3.63, 3.8) is 0 Å². The number of carbonyl (C=O) groups is 1. The number of carbonyl (C=O) groups excluding carboxylic acids is 1. The first kappa shape index (κ1) is 11.1. The lowest BCUT2D eigenvalue weighted by molar-refractivity contribution is -0.121. The molecule has 1 aliphatic rings. The summed E-state index contributed by atoms with van der Waals surface area (Å²) >= 11 is 0. The van der Waals surface area contributed by atoms with E-state index in [2.05, 4.69) is 15.2 Å². The first-order valence-electron chi connectivity index (χ1n) is 5.72. The van der Waals surface area contributed by atoms with Gasteiger partial charge >= 0.3 is 0 Å². The Kier molecular flexibility index (Phi) is 3.88. The van der Waals surface area contributed by atoms with Crippen molar-refractivity contribution in [3.05, 3.63) is 30.1 Å². The van der Waals surface area contributed by atoms with E-state index in [0.29, 0.717) is 6.42 Å². The Morgan fingerprint density at radius 2 is 2.12 bits per heavy atom. The highest BCUT2D eigenvalue weighted by molar-refractivity contribution is 5.75. The number of hydrogen-bond acceptors (Lipinski definition) is 3. The standard InChI is InChI=1S/C12H17N3O/c16-12-2-1-8-15(9-7-14-12)10-11-3-5-13-6-4-11/h3-6H,1-2,7-10H2,(H,14,16). The lowest BCUT2D eigenvalue weighted by Gasteiger charge is -2.24. The van der Waals surface area contributed by atoms with E-state index in [1.807, 2.05) is 24.5 Å². The average Bonchev–Trinajstić information content (AvgIpc) is 2.27. The molecule has 16 heavy (non-hydrogen) atoms. The van der Waals surface area contributed by atoms with Gasteiger partial charge in [-0.1, -0.05) is 0 Å². The van der Waals surface area contributed by atoms with Gasteiger partial charge in [0.25, 0.3) is 0 Å². The molecule has 1 aromatic heterocycles. The highest BCUT2D eigenvalue weighted by Crippen LogP contribution is 2.06. The summed E-state index contributed by atoms with van der Waals surface area (Å²) in [6.07, 6.45) is 5.23. The van der Waals surface area contributed by atoms with Gasteiger partial charge in [0.2, 0.25) is 5.91 Å².